The third-order valence-electron chi connectivity index (χ3n) is 3.06. The van der Waals surface area contributed by atoms with E-state index in [1.807, 2.05) is 12.1 Å². The van der Waals surface area contributed by atoms with Gasteiger partial charge in [-0.1, -0.05) is 17.7 Å². The zero-order chi connectivity index (χ0) is 11.3. The molecule has 0 amide bonds. The lowest BCUT2D eigenvalue weighted by molar-refractivity contribution is -0.147. The smallest absolute Gasteiger partial charge is 0.352 e. The summed E-state index contributed by atoms with van der Waals surface area (Å²) in [4.78, 5) is 12.9. The summed E-state index contributed by atoms with van der Waals surface area (Å²) in [6.45, 7) is 0.602. The van der Waals surface area contributed by atoms with Crippen LogP contribution in [0.4, 0.5) is 0 Å². The minimum absolute atomic E-state index is 0.455. The quantitative estimate of drug-likeness (QED) is 0.688. The number of benzene rings is 1. The summed E-state index contributed by atoms with van der Waals surface area (Å²) < 4.78 is 5.14. The van der Waals surface area contributed by atoms with Gasteiger partial charge in [-0.3, -0.25) is 0 Å². The molecule has 0 saturated carbocycles. The van der Waals surface area contributed by atoms with Crippen LogP contribution in [0.2, 0.25) is 5.02 Å². The molecule has 0 aliphatic carbocycles. The van der Waals surface area contributed by atoms with Crippen LogP contribution in [0.25, 0.3) is 0 Å². The van der Waals surface area contributed by atoms with Crippen molar-refractivity contribution in [2.75, 3.05) is 6.54 Å². The SMILES string of the molecule is O=C1OC2c3ccc(Cl)cc3CCN2C1O. The molecule has 2 aliphatic heterocycles. The van der Waals surface area contributed by atoms with E-state index in [4.69, 9.17) is 16.3 Å². The highest BCUT2D eigenvalue weighted by molar-refractivity contribution is 6.30. The Hall–Kier alpha value is -1.10. The molecule has 1 aromatic rings. The summed E-state index contributed by atoms with van der Waals surface area (Å²) in [6, 6.07) is 5.50. The van der Waals surface area contributed by atoms with Crippen molar-refractivity contribution in [3.63, 3.8) is 0 Å². The number of ether oxygens (including phenoxy) is 1. The lowest BCUT2D eigenvalue weighted by Gasteiger charge is -2.30. The maximum Gasteiger partial charge on any atom is 0.352 e. The van der Waals surface area contributed by atoms with E-state index in [1.165, 1.54) is 0 Å². The monoisotopic (exact) mass is 239 g/mol. The van der Waals surface area contributed by atoms with Crippen molar-refractivity contribution in [3.8, 4) is 0 Å². The first-order chi connectivity index (χ1) is 7.66. The molecule has 2 heterocycles. The number of esters is 1. The zero-order valence-corrected chi connectivity index (χ0v) is 9.15. The predicted octanol–water partition coefficient (Wildman–Crippen LogP) is 1.07. The van der Waals surface area contributed by atoms with Crippen molar-refractivity contribution in [3.05, 3.63) is 34.3 Å². The second kappa shape index (κ2) is 3.45. The highest BCUT2D eigenvalue weighted by atomic mass is 35.5. The van der Waals surface area contributed by atoms with Gasteiger partial charge in [0, 0.05) is 17.1 Å². The Morgan fingerprint density at radius 3 is 3.12 bits per heavy atom. The summed E-state index contributed by atoms with van der Waals surface area (Å²) in [7, 11) is 0. The van der Waals surface area contributed by atoms with Crippen molar-refractivity contribution in [2.45, 2.75) is 18.9 Å². The predicted molar refractivity (Wildman–Crippen MR) is 56.7 cm³/mol. The normalized spacial score (nSPS) is 28.5. The van der Waals surface area contributed by atoms with Gasteiger partial charge in [-0.2, -0.15) is 0 Å². The number of rotatable bonds is 0. The van der Waals surface area contributed by atoms with Crippen molar-refractivity contribution in [1.82, 2.24) is 4.90 Å². The fraction of sp³-hybridized carbons (Fsp3) is 0.364. The van der Waals surface area contributed by atoms with Crippen molar-refractivity contribution in [1.29, 1.82) is 0 Å². The lowest BCUT2D eigenvalue weighted by atomic mass is 9.98. The second-order valence-corrected chi connectivity index (χ2v) is 4.43. The van der Waals surface area contributed by atoms with Gasteiger partial charge in [0.15, 0.2) is 6.23 Å². The number of aliphatic hydroxyl groups is 1. The van der Waals surface area contributed by atoms with Crippen LogP contribution in [0, 0.1) is 0 Å². The van der Waals surface area contributed by atoms with E-state index in [9.17, 15) is 9.90 Å². The molecule has 1 saturated heterocycles. The van der Waals surface area contributed by atoms with Gasteiger partial charge >= 0.3 is 5.97 Å². The van der Waals surface area contributed by atoms with Gasteiger partial charge in [-0.05, 0) is 24.1 Å². The van der Waals surface area contributed by atoms with E-state index in [-0.39, 0.29) is 0 Å². The first-order valence-corrected chi connectivity index (χ1v) is 5.47. The van der Waals surface area contributed by atoms with E-state index >= 15 is 0 Å². The van der Waals surface area contributed by atoms with Crippen LogP contribution >= 0.6 is 11.6 Å². The highest BCUT2D eigenvalue weighted by Crippen LogP contribution is 2.37. The number of carbonyl (C=O) groups excluding carboxylic acids is 1. The van der Waals surface area contributed by atoms with Gasteiger partial charge in [-0.15, -0.1) is 0 Å². The maximum atomic E-state index is 11.3. The Kier molecular flexibility index (Phi) is 2.17. The van der Waals surface area contributed by atoms with Crippen molar-refractivity contribution >= 4 is 17.6 Å². The van der Waals surface area contributed by atoms with Crippen LogP contribution in [0.5, 0.6) is 0 Å². The molecule has 1 aromatic carbocycles. The van der Waals surface area contributed by atoms with Gasteiger partial charge in [0.2, 0.25) is 6.23 Å². The molecular formula is C11H10ClNO3. The highest BCUT2D eigenvalue weighted by Gasteiger charge is 2.44. The Morgan fingerprint density at radius 1 is 1.50 bits per heavy atom. The molecule has 0 spiro atoms. The summed E-state index contributed by atoms with van der Waals surface area (Å²) >= 11 is 5.91. The summed E-state index contributed by atoms with van der Waals surface area (Å²) in [5.41, 5.74) is 2.00. The van der Waals surface area contributed by atoms with Crippen LogP contribution in [0.15, 0.2) is 18.2 Å². The summed E-state index contributed by atoms with van der Waals surface area (Å²) in [5, 5.41) is 10.3. The van der Waals surface area contributed by atoms with Gasteiger partial charge < -0.3 is 9.84 Å². The molecule has 4 nitrogen and oxygen atoms in total. The maximum absolute atomic E-state index is 11.3. The van der Waals surface area contributed by atoms with Crippen LogP contribution in [-0.2, 0) is 16.0 Å². The summed E-state index contributed by atoms with van der Waals surface area (Å²) in [5.74, 6) is -0.576. The molecule has 2 atom stereocenters. The third kappa shape index (κ3) is 1.34. The number of aliphatic hydroxyl groups excluding tert-OH is 1. The molecule has 0 bridgehead atoms. The molecule has 16 heavy (non-hydrogen) atoms. The minimum atomic E-state index is -1.13. The molecule has 5 heteroatoms. The number of fused-ring (bicyclic) bond motifs is 3. The largest absolute Gasteiger partial charge is 0.439 e. The number of hydrogen-bond donors (Lipinski definition) is 1. The first kappa shape index (κ1) is 10.1. The van der Waals surface area contributed by atoms with Crippen LogP contribution < -0.4 is 0 Å². The molecule has 0 aromatic heterocycles. The third-order valence-corrected chi connectivity index (χ3v) is 3.30. The van der Waals surface area contributed by atoms with Gasteiger partial charge in [-0.25, -0.2) is 9.69 Å². The van der Waals surface area contributed by atoms with Gasteiger partial charge in [0.25, 0.3) is 0 Å². The van der Waals surface area contributed by atoms with Gasteiger partial charge in [0.05, 0.1) is 0 Å². The molecule has 1 fully saturated rings. The summed E-state index contributed by atoms with van der Waals surface area (Å²) in [6.07, 6.45) is -0.822. The van der Waals surface area contributed by atoms with E-state index < -0.39 is 18.4 Å². The molecule has 3 rings (SSSR count). The van der Waals surface area contributed by atoms with Crippen LogP contribution in [0.1, 0.15) is 17.4 Å². The fourth-order valence-corrected chi connectivity index (χ4v) is 2.46. The van der Waals surface area contributed by atoms with E-state index in [2.05, 4.69) is 0 Å². The molecular weight excluding hydrogens is 230 g/mol. The molecule has 2 aliphatic rings. The molecule has 84 valence electrons. The van der Waals surface area contributed by atoms with Crippen molar-refractivity contribution in [2.24, 2.45) is 0 Å². The Balaban J connectivity index is 2.04. The molecule has 0 radical (unpaired) electrons. The molecule has 1 N–H and O–H groups in total. The zero-order valence-electron chi connectivity index (χ0n) is 8.39. The Labute approximate surface area is 97.4 Å². The molecule has 2 unspecified atom stereocenters. The van der Waals surface area contributed by atoms with Gasteiger partial charge in [0.1, 0.15) is 0 Å². The van der Waals surface area contributed by atoms with E-state index in [0.717, 1.165) is 17.5 Å². The van der Waals surface area contributed by atoms with E-state index in [0.29, 0.717) is 11.6 Å². The number of carbonyl (C=O) groups is 1. The average Bonchev–Trinajstić information content (AvgIpc) is 2.55. The standard InChI is InChI=1S/C11H10ClNO3/c12-7-1-2-8-6(5-7)3-4-13-9(14)11(15)16-10(8)13/h1-2,5,9-10,14H,3-4H2. The number of hydrogen-bond acceptors (Lipinski definition) is 4. The Bertz CT molecular complexity index is 463. The minimum Gasteiger partial charge on any atom is -0.439 e. The van der Waals surface area contributed by atoms with Crippen molar-refractivity contribution < 1.29 is 14.6 Å². The Morgan fingerprint density at radius 2 is 2.31 bits per heavy atom. The lowest BCUT2D eigenvalue weighted by Crippen LogP contribution is -2.38. The fourth-order valence-electron chi connectivity index (χ4n) is 2.27. The number of nitrogens with zero attached hydrogens (tertiary/aromatic N) is 1. The topological polar surface area (TPSA) is 49.8 Å². The number of halogens is 1. The van der Waals surface area contributed by atoms with Crippen LogP contribution in [-0.4, -0.2) is 28.7 Å². The van der Waals surface area contributed by atoms with E-state index in [1.54, 1.807) is 11.0 Å². The average molecular weight is 240 g/mol. The first-order valence-electron chi connectivity index (χ1n) is 5.09. The van der Waals surface area contributed by atoms with Crippen LogP contribution in [0.3, 0.4) is 0 Å². The second-order valence-electron chi connectivity index (χ2n) is 3.99.